The molecule has 0 N–H and O–H groups in total. The molecule has 3 aliphatic rings. The minimum absolute atomic E-state index is 0.0373. The lowest BCUT2D eigenvalue weighted by molar-refractivity contribution is -0.146. The SMILES string of the molecule is O=C(C1CCC1)N1CCN(C(=O)C2CCCN(S(=O)(=O)c3ccc(F)cc3)C2)CC1. The minimum atomic E-state index is -3.76. The van der Waals surface area contributed by atoms with Gasteiger partial charge in [-0.05, 0) is 49.9 Å². The maximum absolute atomic E-state index is 13.2. The van der Waals surface area contributed by atoms with Crippen LogP contribution in [0.2, 0.25) is 0 Å². The molecule has 30 heavy (non-hydrogen) atoms. The van der Waals surface area contributed by atoms with Crippen LogP contribution >= 0.6 is 0 Å². The summed E-state index contributed by atoms with van der Waals surface area (Å²) in [5.41, 5.74) is 0. The topological polar surface area (TPSA) is 78.0 Å². The van der Waals surface area contributed by atoms with E-state index in [2.05, 4.69) is 0 Å². The van der Waals surface area contributed by atoms with Crippen molar-refractivity contribution in [3.05, 3.63) is 30.1 Å². The van der Waals surface area contributed by atoms with Gasteiger partial charge in [0.25, 0.3) is 0 Å². The summed E-state index contributed by atoms with van der Waals surface area (Å²) in [6.45, 7) is 2.58. The van der Waals surface area contributed by atoms with Gasteiger partial charge >= 0.3 is 0 Å². The second-order valence-corrected chi connectivity index (χ2v) is 10.4. The summed E-state index contributed by atoms with van der Waals surface area (Å²) in [5.74, 6) is -0.540. The molecule has 1 atom stereocenters. The minimum Gasteiger partial charge on any atom is -0.339 e. The van der Waals surface area contributed by atoms with Gasteiger partial charge in [-0.25, -0.2) is 12.8 Å². The van der Waals surface area contributed by atoms with E-state index < -0.39 is 15.8 Å². The van der Waals surface area contributed by atoms with Crippen molar-refractivity contribution in [2.75, 3.05) is 39.3 Å². The number of carbonyl (C=O) groups is 2. The van der Waals surface area contributed by atoms with Crippen LogP contribution in [-0.2, 0) is 19.6 Å². The van der Waals surface area contributed by atoms with E-state index in [0.29, 0.717) is 45.6 Å². The maximum atomic E-state index is 13.2. The number of carbonyl (C=O) groups excluding carboxylic acids is 2. The number of piperazine rings is 1. The Labute approximate surface area is 176 Å². The molecule has 2 heterocycles. The quantitative estimate of drug-likeness (QED) is 0.718. The third-order valence-corrected chi connectivity index (χ3v) is 8.42. The van der Waals surface area contributed by atoms with Gasteiger partial charge in [0.05, 0.1) is 10.8 Å². The van der Waals surface area contributed by atoms with Crippen LogP contribution in [0.5, 0.6) is 0 Å². The van der Waals surface area contributed by atoms with Crippen LogP contribution < -0.4 is 0 Å². The van der Waals surface area contributed by atoms with Gasteiger partial charge in [0.15, 0.2) is 0 Å². The molecule has 3 fully saturated rings. The number of hydrogen-bond acceptors (Lipinski definition) is 4. The van der Waals surface area contributed by atoms with Crippen LogP contribution in [0.3, 0.4) is 0 Å². The first-order valence-corrected chi connectivity index (χ1v) is 12.1. The summed E-state index contributed by atoms with van der Waals surface area (Å²) in [7, 11) is -3.76. The fraction of sp³-hybridized carbons (Fsp3) is 0.619. The highest BCUT2D eigenvalue weighted by molar-refractivity contribution is 7.89. The van der Waals surface area contributed by atoms with Crippen molar-refractivity contribution in [3.63, 3.8) is 0 Å². The van der Waals surface area contributed by atoms with Crippen molar-refractivity contribution in [3.8, 4) is 0 Å². The Kier molecular flexibility index (Phi) is 6.11. The number of halogens is 1. The number of amides is 2. The van der Waals surface area contributed by atoms with Crippen molar-refractivity contribution in [1.29, 1.82) is 0 Å². The molecule has 4 rings (SSSR count). The number of benzene rings is 1. The van der Waals surface area contributed by atoms with E-state index in [1.807, 2.05) is 4.90 Å². The first-order valence-electron chi connectivity index (χ1n) is 10.7. The molecule has 1 aliphatic carbocycles. The van der Waals surface area contributed by atoms with Crippen molar-refractivity contribution in [1.82, 2.24) is 14.1 Å². The fourth-order valence-electron chi connectivity index (χ4n) is 4.44. The van der Waals surface area contributed by atoms with E-state index in [0.717, 1.165) is 31.4 Å². The molecule has 0 spiro atoms. The third-order valence-electron chi connectivity index (χ3n) is 6.54. The van der Waals surface area contributed by atoms with Crippen molar-refractivity contribution in [2.45, 2.75) is 37.0 Å². The molecule has 1 aromatic carbocycles. The molecule has 2 amide bonds. The third kappa shape index (κ3) is 4.23. The Bertz CT molecular complexity index is 893. The van der Waals surface area contributed by atoms with Crippen molar-refractivity contribution < 1.29 is 22.4 Å². The molecule has 164 valence electrons. The van der Waals surface area contributed by atoms with E-state index in [9.17, 15) is 22.4 Å². The van der Waals surface area contributed by atoms with Gasteiger partial charge in [-0.15, -0.1) is 0 Å². The van der Waals surface area contributed by atoms with E-state index in [1.54, 1.807) is 4.90 Å². The molecule has 2 saturated heterocycles. The van der Waals surface area contributed by atoms with Gasteiger partial charge in [0.1, 0.15) is 5.82 Å². The summed E-state index contributed by atoms with van der Waals surface area (Å²) in [5, 5.41) is 0. The number of piperidine rings is 1. The zero-order valence-electron chi connectivity index (χ0n) is 17.0. The lowest BCUT2D eigenvalue weighted by Crippen LogP contribution is -2.55. The van der Waals surface area contributed by atoms with E-state index in [-0.39, 0.29) is 35.1 Å². The molecule has 2 aliphatic heterocycles. The number of rotatable bonds is 4. The predicted octanol–water partition coefficient (Wildman–Crippen LogP) is 1.70. The number of hydrogen-bond donors (Lipinski definition) is 0. The molecule has 1 saturated carbocycles. The van der Waals surface area contributed by atoms with Gasteiger partial charge in [-0.2, -0.15) is 4.31 Å². The lowest BCUT2D eigenvalue weighted by atomic mass is 9.84. The van der Waals surface area contributed by atoms with Gasteiger partial charge < -0.3 is 9.80 Å². The first-order chi connectivity index (χ1) is 14.4. The highest BCUT2D eigenvalue weighted by Gasteiger charge is 2.37. The van der Waals surface area contributed by atoms with Crippen LogP contribution in [-0.4, -0.2) is 73.6 Å². The molecule has 0 radical (unpaired) electrons. The van der Waals surface area contributed by atoms with Crippen LogP contribution in [0.15, 0.2) is 29.2 Å². The summed E-state index contributed by atoms with van der Waals surface area (Å²) in [6.07, 6.45) is 4.32. The van der Waals surface area contributed by atoms with E-state index in [4.69, 9.17) is 0 Å². The molecular weight excluding hydrogens is 409 g/mol. The zero-order chi connectivity index (χ0) is 21.3. The monoisotopic (exact) mass is 437 g/mol. The van der Waals surface area contributed by atoms with Crippen LogP contribution in [0.1, 0.15) is 32.1 Å². The largest absolute Gasteiger partial charge is 0.339 e. The van der Waals surface area contributed by atoms with Crippen molar-refractivity contribution in [2.24, 2.45) is 11.8 Å². The van der Waals surface area contributed by atoms with Crippen LogP contribution in [0.25, 0.3) is 0 Å². The predicted molar refractivity (Wildman–Crippen MR) is 108 cm³/mol. The Morgan fingerprint density at radius 2 is 1.33 bits per heavy atom. The Morgan fingerprint density at radius 1 is 0.800 bits per heavy atom. The van der Waals surface area contributed by atoms with E-state index >= 15 is 0 Å². The molecule has 7 nitrogen and oxygen atoms in total. The summed E-state index contributed by atoms with van der Waals surface area (Å²) >= 11 is 0. The molecule has 0 bridgehead atoms. The molecule has 1 aromatic rings. The Balaban J connectivity index is 1.35. The van der Waals surface area contributed by atoms with Gasteiger partial charge in [-0.3, -0.25) is 9.59 Å². The van der Waals surface area contributed by atoms with Crippen LogP contribution in [0, 0.1) is 17.7 Å². The van der Waals surface area contributed by atoms with Crippen LogP contribution in [0.4, 0.5) is 4.39 Å². The maximum Gasteiger partial charge on any atom is 0.243 e. The summed E-state index contributed by atoms with van der Waals surface area (Å²) in [6, 6.07) is 4.77. The van der Waals surface area contributed by atoms with Gasteiger partial charge in [0.2, 0.25) is 21.8 Å². The normalized spacial score (nSPS) is 23.8. The van der Waals surface area contributed by atoms with E-state index in [1.165, 1.54) is 16.4 Å². The average molecular weight is 438 g/mol. The second-order valence-electron chi connectivity index (χ2n) is 8.43. The summed E-state index contributed by atoms with van der Waals surface area (Å²) < 4.78 is 40.3. The highest BCUT2D eigenvalue weighted by atomic mass is 32.2. The van der Waals surface area contributed by atoms with Crippen molar-refractivity contribution >= 4 is 21.8 Å². The molecule has 1 unspecified atom stereocenters. The van der Waals surface area contributed by atoms with Gasteiger partial charge in [0, 0.05) is 45.2 Å². The number of nitrogens with zero attached hydrogens (tertiary/aromatic N) is 3. The molecule has 9 heteroatoms. The lowest BCUT2D eigenvalue weighted by Gasteiger charge is -2.40. The molecular formula is C21H28FN3O4S. The summed E-state index contributed by atoms with van der Waals surface area (Å²) in [4.78, 5) is 29.1. The van der Waals surface area contributed by atoms with Gasteiger partial charge in [-0.1, -0.05) is 6.42 Å². The standard InChI is InChI=1S/C21H28FN3O4S/c22-18-6-8-19(9-7-18)30(28,29)25-10-2-5-17(15-25)21(27)24-13-11-23(12-14-24)20(26)16-3-1-4-16/h6-9,16-17H,1-5,10-15H2. The molecule has 0 aromatic heterocycles. The fourth-order valence-corrected chi connectivity index (χ4v) is 5.96. The Morgan fingerprint density at radius 3 is 1.87 bits per heavy atom. The Hall–Kier alpha value is -2.00. The smallest absolute Gasteiger partial charge is 0.243 e. The second kappa shape index (κ2) is 8.63. The number of sulfonamides is 1. The average Bonchev–Trinajstić information content (AvgIpc) is 2.72. The highest BCUT2D eigenvalue weighted by Crippen LogP contribution is 2.29. The first kappa shape index (κ1) is 21.2. The zero-order valence-corrected chi connectivity index (χ0v) is 17.8.